The molecule has 48 heavy (non-hydrogen) atoms. The monoisotopic (exact) mass is 730 g/mol. The van der Waals surface area contributed by atoms with Crippen molar-refractivity contribution < 1.29 is 79.4 Å². The van der Waals surface area contributed by atoms with Gasteiger partial charge in [-0.15, -0.1) is 0 Å². The van der Waals surface area contributed by atoms with Gasteiger partial charge in [0.05, 0.1) is 0 Å². The summed E-state index contributed by atoms with van der Waals surface area (Å²) in [5.41, 5.74) is 0.690. The minimum atomic E-state index is -8.70. The Hall–Kier alpha value is -3.09. The van der Waals surface area contributed by atoms with Crippen LogP contribution >= 0.6 is 0 Å². The van der Waals surface area contributed by atoms with Gasteiger partial charge in [-0.3, -0.25) is 0 Å². The van der Waals surface area contributed by atoms with Crippen LogP contribution in [-0.4, -0.2) is 57.8 Å². The van der Waals surface area contributed by atoms with Gasteiger partial charge in [0.25, 0.3) is 0 Å². The first-order valence-corrected chi connectivity index (χ1v) is 14.0. The fourth-order valence-corrected chi connectivity index (χ4v) is 4.13. The van der Waals surface area contributed by atoms with Crippen LogP contribution in [0.3, 0.4) is 0 Å². The third-order valence-electron chi connectivity index (χ3n) is 7.08. The van der Waals surface area contributed by atoms with Crippen molar-refractivity contribution in [3.05, 3.63) is 42.2 Å². The predicted molar refractivity (Wildman–Crippen MR) is 135 cm³/mol. The van der Waals surface area contributed by atoms with Gasteiger partial charge in [0.1, 0.15) is 5.75 Å². The van der Waals surface area contributed by atoms with E-state index in [1.165, 1.54) is 18.8 Å². The number of halogens is 17. The Labute approximate surface area is 261 Å². The zero-order valence-electron chi connectivity index (χ0n) is 24.6. The Kier molecular flexibility index (Phi) is 12.3. The average molecular weight is 731 g/mol. The van der Waals surface area contributed by atoms with Crippen LogP contribution < -0.4 is 4.74 Å². The first kappa shape index (κ1) is 41.1. The highest BCUT2D eigenvalue weighted by atomic mass is 19.4. The standard InChI is InChI=1S/C28H27F17N2O/c1-2-3-4-5-6-7-8-9-10-17-15-46-20(47-16-17)18-11-13-19(14-12-18)48-28(44,45)26(39,40)24(35,36)22(31,32)21(29,30)23(33,34)25(37,38)27(41,42)43/h11-16H,2-10H2,1H3. The molecule has 3 nitrogen and oxygen atoms in total. The summed E-state index contributed by atoms with van der Waals surface area (Å²) in [5, 5.41) is 0. The molecule has 0 amide bonds. The van der Waals surface area contributed by atoms with Crippen molar-refractivity contribution in [1.29, 1.82) is 0 Å². The van der Waals surface area contributed by atoms with Gasteiger partial charge in [-0.25, -0.2) is 9.97 Å². The summed E-state index contributed by atoms with van der Waals surface area (Å²) in [6, 6.07) is 2.25. The summed E-state index contributed by atoms with van der Waals surface area (Å²) in [7, 11) is 0. The summed E-state index contributed by atoms with van der Waals surface area (Å²) < 4.78 is 232. The fraction of sp³-hybridized carbons (Fsp3) is 0.643. The van der Waals surface area contributed by atoms with Crippen LogP contribution in [0.15, 0.2) is 36.7 Å². The predicted octanol–water partition coefficient (Wildman–Crippen LogP) is 11.2. The van der Waals surface area contributed by atoms with Gasteiger partial charge < -0.3 is 4.74 Å². The van der Waals surface area contributed by atoms with Crippen LogP contribution in [0.4, 0.5) is 74.6 Å². The van der Waals surface area contributed by atoms with Gasteiger partial charge in [-0.05, 0) is 42.7 Å². The van der Waals surface area contributed by atoms with Crippen molar-refractivity contribution in [3.63, 3.8) is 0 Å². The first-order valence-electron chi connectivity index (χ1n) is 14.0. The topological polar surface area (TPSA) is 35.0 Å². The molecule has 0 spiro atoms. The van der Waals surface area contributed by atoms with E-state index in [9.17, 15) is 74.6 Å². The molecule has 1 heterocycles. The van der Waals surface area contributed by atoms with Crippen molar-refractivity contribution in [2.24, 2.45) is 0 Å². The lowest BCUT2D eigenvalue weighted by Crippen LogP contribution is -2.74. The summed E-state index contributed by atoms with van der Waals surface area (Å²) in [6.07, 6.45) is -2.87. The lowest BCUT2D eigenvalue weighted by atomic mass is 9.90. The SMILES string of the molecule is CCCCCCCCCCc1cnc(-c2ccc(OC(F)(F)C(F)(F)C(F)(F)C(F)(F)C(F)(F)C(F)(F)C(F)(F)C(F)(F)F)cc2)nc1. The number of hydrogen-bond acceptors (Lipinski definition) is 3. The highest BCUT2D eigenvalue weighted by molar-refractivity contribution is 5.56. The number of aryl methyl sites for hydroxylation is 1. The molecule has 1 aromatic heterocycles. The number of nitrogens with zero attached hydrogens (tertiary/aromatic N) is 2. The zero-order valence-corrected chi connectivity index (χ0v) is 24.6. The molecule has 1 aromatic carbocycles. The van der Waals surface area contributed by atoms with Crippen molar-refractivity contribution in [1.82, 2.24) is 9.97 Å². The van der Waals surface area contributed by atoms with Crippen LogP contribution in [0.25, 0.3) is 11.4 Å². The highest BCUT2D eigenvalue weighted by Gasteiger charge is 2.95. The molecule has 0 saturated carbocycles. The molecule has 0 fully saturated rings. The second-order valence-corrected chi connectivity index (χ2v) is 10.7. The van der Waals surface area contributed by atoms with Crippen LogP contribution in [0.5, 0.6) is 5.75 Å². The number of ether oxygens (including phenoxy) is 1. The van der Waals surface area contributed by atoms with Gasteiger partial charge in [0, 0.05) is 18.0 Å². The molecule has 0 unspecified atom stereocenters. The summed E-state index contributed by atoms with van der Waals surface area (Å²) in [5.74, 6) is -52.1. The van der Waals surface area contributed by atoms with Gasteiger partial charge in [-0.1, -0.05) is 51.9 Å². The number of benzene rings is 1. The summed E-state index contributed by atoms with van der Waals surface area (Å²) in [4.78, 5) is 8.03. The number of alkyl halides is 17. The maximum atomic E-state index is 14.1. The van der Waals surface area contributed by atoms with Crippen molar-refractivity contribution in [2.75, 3.05) is 0 Å². The summed E-state index contributed by atoms with van der Waals surface area (Å²) in [6.45, 7) is 2.11. The minimum Gasteiger partial charge on any atom is -0.428 e. The first-order chi connectivity index (χ1) is 21.7. The lowest BCUT2D eigenvalue weighted by molar-refractivity contribution is -0.471. The Balaban J connectivity index is 2.18. The minimum absolute atomic E-state index is 0.0274. The molecule has 0 bridgehead atoms. The van der Waals surface area contributed by atoms with E-state index in [0.717, 1.165) is 62.6 Å². The van der Waals surface area contributed by atoms with E-state index in [-0.39, 0.29) is 11.4 Å². The lowest BCUT2D eigenvalue weighted by Gasteiger charge is -2.42. The fourth-order valence-electron chi connectivity index (χ4n) is 4.13. The maximum Gasteiger partial charge on any atom is 0.471 e. The molecule has 0 aliphatic rings. The second kappa shape index (κ2) is 14.4. The van der Waals surface area contributed by atoms with Gasteiger partial charge in [0.2, 0.25) is 0 Å². The van der Waals surface area contributed by atoms with Crippen LogP contribution in [0.2, 0.25) is 0 Å². The van der Waals surface area contributed by atoms with E-state index < -0.39 is 53.6 Å². The van der Waals surface area contributed by atoms with Gasteiger partial charge >= 0.3 is 47.8 Å². The van der Waals surface area contributed by atoms with Gasteiger partial charge in [0.15, 0.2) is 5.82 Å². The number of unbranched alkanes of at least 4 members (excludes halogenated alkanes) is 7. The van der Waals surface area contributed by atoms with Crippen LogP contribution in [-0.2, 0) is 6.42 Å². The van der Waals surface area contributed by atoms with E-state index in [1.54, 1.807) is 0 Å². The third-order valence-corrected chi connectivity index (χ3v) is 7.08. The number of hydrogen-bond donors (Lipinski definition) is 0. The molecular formula is C28H27F17N2O. The zero-order chi connectivity index (χ0) is 37.0. The van der Waals surface area contributed by atoms with Crippen LogP contribution in [0, 0.1) is 0 Å². The Morgan fingerprint density at radius 2 is 0.896 bits per heavy atom. The molecule has 0 aliphatic heterocycles. The molecule has 0 atom stereocenters. The normalized spacial score (nSPS) is 14.4. The molecule has 274 valence electrons. The van der Waals surface area contributed by atoms with Crippen molar-refractivity contribution in [3.8, 4) is 17.1 Å². The smallest absolute Gasteiger partial charge is 0.428 e. The molecule has 0 aliphatic carbocycles. The molecule has 0 N–H and O–H groups in total. The van der Waals surface area contributed by atoms with Gasteiger partial charge in [-0.2, -0.15) is 74.6 Å². The second-order valence-electron chi connectivity index (χ2n) is 10.7. The molecule has 2 rings (SSSR count). The molecule has 0 saturated heterocycles. The molecule has 20 heteroatoms. The third kappa shape index (κ3) is 7.70. The van der Waals surface area contributed by atoms with Crippen molar-refractivity contribution >= 4 is 0 Å². The van der Waals surface area contributed by atoms with E-state index >= 15 is 0 Å². The maximum absolute atomic E-state index is 14.1. The van der Waals surface area contributed by atoms with E-state index in [0.29, 0.717) is 18.6 Å². The Morgan fingerprint density at radius 3 is 1.33 bits per heavy atom. The molecular weight excluding hydrogens is 703 g/mol. The Morgan fingerprint density at radius 1 is 0.500 bits per heavy atom. The largest absolute Gasteiger partial charge is 0.471 e. The average Bonchev–Trinajstić information content (AvgIpc) is 2.98. The number of rotatable bonds is 18. The highest BCUT2D eigenvalue weighted by Crippen LogP contribution is 2.64. The van der Waals surface area contributed by atoms with E-state index in [4.69, 9.17) is 0 Å². The Bertz CT molecular complexity index is 1310. The van der Waals surface area contributed by atoms with Crippen LogP contribution in [0.1, 0.15) is 63.9 Å². The van der Waals surface area contributed by atoms with E-state index in [1.807, 2.05) is 0 Å². The molecule has 2 aromatic rings. The molecule has 0 radical (unpaired) electrons. The quantitative estimate of drug-likeness (QED) is 0.113. The van der Waals surface area contributed by atoms with Crippen molar-refractivity contribution in [2.45, 2.75) is 113 Å². The van der Waals surface area contributed by atoms with E-state index in [2.05, 4.69) is 21.6 Å². The summed E-state index contributed by atoms with van der Waals surface area (Å²) >= 11 is 0. The number of aromatic nitrogens is 2.